The first-order valence-corrected chi connectivity index (χ1v) is 8.35. The minimum absolute atomic E-state index is 0.249. The third-order valence-electron chi connectivity index (χ3n) is 4.43. The van der Waals surface area contributed by atoms with E-state index in [-0.39, 0.29) is 5.91 Å². The SMILES string of the molecule is CCc1ccccc1NC(=O)c1cc2c(C)nc3ccccc3c2o1. The van der Waals surface area contributed by atoms with Crippen molar-refractivity contribution in [3.63, 3.8) is 0 Å². The zero-order chi connectivity index (χ0) is 17.4. The van der Waals surface area contributed by atoms with Crippen LogP contribution in [0.2, 0.25) is 0 Å². The molecule has 1 N–H and O–H groups in total. The van der Waals surface area contributed by atoms with Gasteiger partial charge in [0, 0.05) is 22.2 Å². The second-order valence-corrected chi connectivity index (χ2v) is 6.03. The van der Waals surface area contributed by atoms with Gasteiger partial charge in [0.15, 0.2) is 5.76 Å². The number of furan rings is 1. The Hall–Kier alpha value is -3.14. The van der Waals surface area contributed by atoms with E-state index in [4.69, 9.17) is 4.42 Å². The molecule has 25 heavy (non-hydrogen) atoms. The lowest BCUT2D eigenvalue weighted by Gasteiger charge is -2.07. The number of rotatable bonds is 3. The van der Waals surface area contributed by atoms with E-state index in [2.05, 4.69) is 17.2 Å². The van der Waals surface area contributed by atoms with Gasteiger partial charge in [-0.25, -0.2) is 0 Å². The molecular weight excluding hydrogens is 312 g/mol. The Morgan fingerprint density at radius 1 is 1.08 bits per heavy atom. The number of anilines is 1. The van der Waals surface area contributed by atoms with Crippen LogP contribution in [0, 0.1) is 6.92 Å². The first-order valence-electron chi connectivity index (χ1n) is 8.35. The summed E-state index contributed by atoms with van der Waals surface area (Å²) in [6.45, 7) is 3.99. The molecule has 4 aromatic rings. The van der Waals surface area contributed by atoms with Crippen LogP contribution in [0.3, 0.4) is 0 Å². The van der Waals surface area contributed by atoms with Crippen molar-refractivity contribution in [3.05, 3.63) is 71.6 Å². The number of nitrogens with zero attached hydrogens (tertiary/aromatic N) is 1. The van der Waals surface area contributed by atoms with E-state index in [0.717, 1.165) is 39.7 Å². The molecule has 0 aliphatic rings. The lowest BCUT2D eigenvalue weighted by Crippen LogP contribution is -2.12. The van der Waals surface area contributed by atoms with Crippen molar-refractivity contribution in [1.82, 2.24) is 4.98 Å². The number of pyridine rings is 1. The van der Waals surface area contributed by atoms with Gasteiger partial charge in [-0.1, -0.05) is 37.3 Å². The molecule has 0 spiro atoms. The molecule has 0 bridgehead atoms. The van der Waals surface area contributed by atoms with E-state index in [1.54, 1.807) is 6.07 Å². The number of hydrogen-bond acceptors (Lipinski definition) is 3. The van der Waals surface area contributed by atoms with E-state index >= 15 is 0 Å². The number of carbonyl (C=O) groups is 1. The number of carbonyl (C=O) groups excluding carboxylic acids is 1. The predicted molar refractivity (Wildman–Crippen MR) is 100 cm³/mol. The summed E-state index contributed by atoms with van der Waals surface area (Å²) >= 11 is 0. The Morgan fingerprint density at radius 3 is 2.68 bits per heavy atom. The van der Waals surface area contributed by atoms with Crippen LogP contribution in [0.1, 0.15) is 28.7 Å². The number of amides is 1. The number of aromatic nitrogens is 1. The third kappa shape index (κ3) is 2.66. The predicted octanol–water partition coefficient (Wildman–Crippen LogP) is 5.10. The summed E-state index contributed by atoms with van der Waals surface area (Å²) in [5.41, 5.74) is 4.33. The highest BCUT2D eigenvalue weighted by atomic mass is 16.3. The average Bonchev–Trinajstić information content (AvgIpc) is 3.09. The van der Waals surface area contributed by atoms with Crippen LogP contribution in [0.4, 0.5) is 5.69 Å². The summed E-state index contributed by atoms with van der Waals surface area (Å²) in [4.78, 5) is 17.3. The molecule has 2 aromatic carbocycles. The summed E-state index contributed by atoms with van der Waals surface area (Å²) in [6.07, 6.45) is 0.851. The highest BCUT2D eigenvalue weighted by molar-refractivity contribution is 6.09. The molecule has 0 aliphatic heterocycles. The molecule has 2 aromatic heterocycles. The molecule has 4 nitrogen and oxygen atoms in total. The molecule has 4 rings (SSSR count). The monoisotopic (exact) mass is 330 g/mol. The maximum atomic E-state index is 12.7. The van der Waals surface area contributed by atoms with Crippen molar-refractivity contribution >= 4 is 33.5 Å². The summed E-state index contributed by atoms with van der Waals surface area (Å²) in [7, 11) is 0. The van der Waals surface area contributed by atoms with Crippen molar-refractivity contribution in [1.29, 1.82) is 0 Å². The second kappa shape index (κ2) is 6.06. The smallest absolute Gasteiger partial charge is 0.291 e. The zero-order valence-electron chi connectivity index (χ0n) is 14.2. The maximum Gasteiger partial charge on any atom is 0.291 e. The topological polar surface area (TPSA) is 55.1 Å². The Bertz CT molecular complexity index is 1100. The van der Waals surface area contributed by atoms with Gasteiger partial charge in [0.05, 0.1) is 5.52 Å². The number of para-hydroxylation sites is 2. The quantitative estimate of drug-likeness (QED) is 0.568. The van der Waals surface area contributed by atoms with Crippen molar-refractivity contribution in [2.24, 2.45) is 0 Å². The maximum absolute atomic E-state index is 12.7. The first-order chi connectivity index (χ1) is 12.2. The summed E-state index contributed by atoms with van der Waals surface area (Å²) in [5, 5.41) is 4.73. The number of fused-ring (bicyclic) bond motifs is 3. The van der Waals surface area contributed by atoms with Crippen molar-refractivity contribution in [2.45, 2.75) is 20.3 Å². The van der Waals surface area contributed by atoms with Gasteiger partial charge >= 0.3 is 0 Å². The van der Waals surface area contributed by atoms with E-state index in [9.17, 15) is 4.79 Å². The molecule has 0 fully saturated rings. The summed E-state index contributed by atoms with van der Waals surface area (Å²) < 4.78 is 5.92. The molecule has 1 amide bonds. The third-order valence-corrected chi connectivity index (χ3v) is 4.43. The number of hydrogen-bond donors (Lipinski definition) is 1. The van der Waals surface area contributed by atoms with Crippen molar-refractivity contribution in [2.75, 3.05) is 5.32 Å². The standard InChI is InChI=1S/C21H18N2O2/c1-3-14-8-4-6-10-17(14)23-21(24)19-12-16-13(2)22-18-11-7-5-9-15(18)20(16)25-19/h4-12H,3H2,1-2H3,(H,23,24). The van der Waals surface area contributed by atoms with Gasteiger partial charge in [0.1, 0.15) is 5.58 Å². The van der Waals surface area contributed by atoms with Crippen molar-refractivity contribution in [3.8, 4) is 0 Å². The second-order valence-electron chi connectivity index (χ2n) is 6.03. The Kier molecular flexibility index (Phi) is 3.73. The Balaban J connectivity index is 1.78. The van der Waals surface area contributed by atoms with Gasteiger partial charge in [0.25, 0.3) is 5.91 Å². The Morgan fingerprint density at radius 2 is 1.84 bits per heavy atom. The fraction of sp³-hybridized carbons (Fsp3) is 0.143. The van der Waals surface area contributed by atoms with Gasteiger partial charge in [-0.05, 0) is 43.2 Å². The summed E-state index contributed by atoms with van der Waals surface area (Å²) in [6, 6.07) is 17.4. The fourth-order valence-corrected chi connectivity index (χ4v) is 3.11. The number of nitrogens with one attached hydrogen (secondary N) is 1. The van der Waals surface area contributed by atoms with Crippen LogP contribution in [-0.2, 0) is 6.42 Å². The minimum atomic E-state index is -0.249. The number of benzene rings is 2. The van der Waals surface area contributed by atoms with Gasteiger partial charge in [-0.2, -0.15) is 0 Å². The first kappa shape index (κ1) is 15.4. The van der Waals surface area contributed by atoms with Crippen LogP contribution in [0.25, 0.3) is 21.9 Å². The van der Waals surface area contributed by atoms with E-state index in [0.29, 0.717) is 11.3 Å². The summed E-state index contributed by atoms with van der Waals surface area (Å²) in [5.74, 6) is 0.0442. The molecule has 0 atom stereocenters. The molecule has 4 heteroatoms. The molecule has 0 radical (unpaired) electrons. The van der Waals surface area contributed by atoms with Gasteiger partial charge < -0.3 is 9.73 Å². The van der Waals surface area contributed by atoms with Crippen LogP contribution in [-0.4, -0.2) is 10.9 Å². The molecule has 0 saturated carbocycles. The van der Waals surface area contributed by atoms with Crippen LogP contribution >= 0.6 is 0 Å². The molecule has 0 aliphatic carbocycles. The van der Waals surface area contributed by atoms with Crippen molar-refractivity contribution < 1.29 is 9.21 Å². The number of aryl methyl sites for hydroxylation is 2. The molecule has 0 saturated heterocycles. The highest BCUT2D eigenvalue weighted by Gasteiger charge is 2.17. The minimum Gasteiger partial charge on any atom is -0.450 e. The molecular formula is C21H18N2O2. The zero-order valence-corrected chi connectivity index (χ0v) is 14.2. The lowest BCUT2D eigenvalue weighted by molar-refractivity contribution is 0.0998. The van der Waals surface area contributed by atoms with E-state index < -0.39 is 0 Å². The van der Waals surface area contributed by atoms with Crippen LogP contribution in [0.5, 0.6) is 0 Å². The Labute approximate surface area is 145 Å². The van der Waals surface area contributed by atoms with E-state index in [1.807, 2.05) is 55.5 Å². The highest BCUT2D eigenvalue weighted by Crippen LogP contribution is 2.29. The molecule has 0 unspecified atom stereocenters. The lowest BCUT2D eigenvalue weighted by atomic mass is 10.1. The van der Waals surface area contributed by atoms with Gasteiger partial charge in [-0.15, -0.1) is 0 Å². The van der Waals surface area contributed by atoms with Crippen LogP contribution < -0.4 is 5.32 Å². The largest absolute Gasteiger partial charge is 0.450 e. The molecule has 124 valence electrons. The molecule has 2 heterocycles. The fourth-order valence-electron chi connectivity index (χ4n) is 3.11. The van der Waals surface area contributed by atoms with Gasteiger partial charge in [-0.3, -0.25) is 9.78 Å². The van der Waals surface area contributed by atoms with Crippen LogP contribution in [0.15, 0.2) is 59.0 Å². The van der Waals surface area contributed by atoms with Gasteiger partial charge in [0.2, 0.25) is 0 Å². The average molecular weight is 330 g/mol. The van der Waals surface area contributed by atoms with E-state index in [1.165, 1.54) is 0 Å². The normalized spacial score (nSPS) is 11.1.